The van der Waals surface area contributed by atoms with Gasteiger partial charge in [-0.25, -0.2) is 0 Å². The number of benzene rings is 1. The monoisotopic (exact) mass is 400 g/mol. The molecule has 1 aliphatic rings. The number of carbonyl (C=O) groups is 2. The van der Waals surface area contributed by atoms with E-state index in [0.717, 1.165) is 0 Å². The number of Topliss-reactive ketones (excluding diaryl/α,β-unsaturated/α-hetero) is 1. The van der Waals surface area contributed by atoms with Crippen molar-refractivity contribution in [2.24, 2.45) is 0 Å². The number of aromatic nitrogens is 1. The number of hydrogen-bond donors (Lipinski definition) is 1. The van der Waals surface area contributed by atoms with Crippen molar-refractivity contribution >= 4 is 29.1 Å². The third-order valence-corrected chi connectivity index (χ3v) is 4.69. The number of rotatable bonds is 6. The lowest BCUT2D eigenvalue weighted by Crippen LogP contribution is -2.33. The topological polar surface area (TPSA) is 79.7 Å². The predicted molar refractivity (Wildman–Crippen MR) is 106 cm³/mol. The Morgan fingerprint density at radius 3 is 2.57 bits per heavy atom. The van der Waals surface area contributed by atoms with Gasteiger partial charge in [-0.15, -0.1) is 0 Å². The number of likely N-dealkylation sites (tertiary alicyclic amines) is 1. The molecule has 2 aromatic rings. The first kappa shape index (κ1) is 20.0. The first-order chi connectivity index (χ1) is 13.4. The zero-order valence-corrected chi connectivity index (χ0v) is 16.4. The number of aliphatic hydroxyl groups is 1. The van der Waals surface area contributed by atoms with Gasteiger partial charge < -0.3 is 14.7 Å². The fraction of sp³-hybridized carbons (Fsp3) is 0.286. The van der Waals surface area contributed by atoms with E-state index in [9.17, 15) is 14.7 Å². The van der Waals surface area contributed by atoms with E-state index in [4.69, 9.17) is 16.3 Å². The smallest absolute Gasteiger partial charge is 0.295 e. The van der Waals surface area contributed by atoms with Crippen LogP contribution in [-0.4, -0.2) is 45.9 Å². The van der Waals surface area contributed by atoms with Gasteiger partial charge in [0, 0.05) is 29.5 Å². The Labute approximate surface area is 168 Å². The van der Waals surface area contributed by atoms with Crippen LogP contribution < -0.4 is 0 Å². The molecule has 1 atom stereocenters. The normalized spacial score (nSPS) is 18.9. The van der Waals surface area contributed by atoms with E-state index in [1.807, 2.05) is 13.8 Å². The van der Waals surface area contributed by atoms with Crippen LogP contribution in [0.25, 0.3) is 5.76 Å². The van der Waals surface area contributed by atoms with E-state index in [2.05, 4.69) is 4.98 Å². The second-order valence-corrected chi connectivity index (χ2v) is 7.14. The molecule has 0 saturated carbocycles. The quantitative estimate of drug-likeness (QED) is 0.455. The summed E-state index contributed by atoms with van der Waals surface area (Å²) in [6, 6.07) is 9.20. The zero-order chi connectivity index (χ0) is 20.3. The highest BCUT2D eigenvalue weighted by atomic mass is 35.5. The minimum Gasteiger partial charge on any atom is -0.507 e. The molecule has 2 heterocycles. The summed E-state index contributed by atoms with van der Waals surface area (Å²) in [6.45, 7) is 4.29. The highest BCUT2D eigenvalue weighted by molar-refractivity contribution is 6.46. The molecule has 0 radical (unpaired) electrons. The Bertz CT molecular complexity index is 894. The van der Waals surface area contributed by atoms with Gasteiger partial charge in [0.05, 0.1) is 24.3 Å². The maximum atomic E-state index is 12.8. The number of amides is 1. The molecule has 0 aliphatic carbocycles. The van der Waals surface area contributed by atoms with Crippen molar-refractivity contribution in [3.63, 3.8) is 0 Å². The van der Waals surface area contributed by atoms with Crippen LogP contribution in [0.3, 0.4) is 0 Å². The molecular formula is C21H21ClN2O4. The number of ketones is 1. The molecule has 6 nitrogen and oxygen atoms in total. The van der Waals surface area contributed by atoms with E-state index in [1.54, 1.807) is 48.8 Å². The molecule has 0 bridgehead atoms. The minimum atomic E-state index is -0.736. The fourth-order valence-electron chi connectivity index (χ4n) is 3.14. The Kier molecular flexibility index (Phi) is 6.11. The number of carbonyl (C=O) groups excluding carboxylic acids is 2. The second kappa shape index (κ2) is 8.54. The molecule has 0 spiro atoms. The maximum Gasteiger partial charge on any atom is 0.295 e. The SMILES string of the molecule is CC(C)OCCN1C(=O)C(=O)/C(=C(\O)c2ccc(Cl)cc2)C1c1cccnc1. The Balaban J connectivity index is 2.06. The maximum absolute atomic E-state index is 12.8. The van der Waals surface area contributed by atoms with Crippen LogP contribution in [0.4, 0.5) is 0 Å². The summed E-state index contributed by atoms with van der Waals surface area (Å²) in [6.07, 6.45) is 3.20. The van der Waals surface area contributed by atoms with Crippen LogP contribution in [0.1, 0.15) is 31.0 Å². The summed E-state index contributed by atoms with van der Waals surface area (Å²) in [7, 11) is 0. The molecule has 1 amide bonds. The molecule has 1 aliphatic heterocycles. The summed E-state index contributed by atoms with van der Waals surface area (Å²) < 4.78 is 5.55. The lowest BCUT2D eigenvalue weighted by molar-refractivity contribution is -0.140. The molecule has 1 saturated heterocycles. The molecule has 146 valence electrons. The van der Waals surface area contributed by atoms with E-state index >= 15 is 0 Å². The zero-order valence-electron chi connectivity index (χ0n) is 15.6. The number of hydrogen-bond acceptors (Lipinski definition) is 5. The summed E-state index contributed by atoms with van der Waals surface area (Å²) in [5.41, 5.74) is 1.08. The van der Waals surface area contributed by atoms with Gasteiger partial charge in [0.1, 0.15) is 5.76 Å². The molecule has 3 rings (SSSR count). The van der Waals surface area contributed by atoms with Crippen LogP contribution in [0.2, 0.25) is 5.02 Å². The van der Waals surface area contributed by atoms with Crippen LogP contribution in [0.5, 0.6) is 0 Å². The van der Waals surface area contributed by atoms with Crippen LogP contribution >= 0.6 is 11.6 Å². The number of nitrogens with zero attached hydrogens (tertiary/aromatic N) is 2. The molecular weight excluding hydrogens is 380 g/mol. The van der Waals surface area contributed by atoms with Gasteiger partial charge >= 0.3 is 0 Å². The van der Waals surface area contributed by atoms with Crippen molar-refractivity contribution in [2.45, 2.75) is 26.0 Å². The van der Waals surface area contributed by atoms with Gasteiger partial charge in [0.15, 0.2) is 0 Å². The summed E-state index contributed by atoms with van der Waals surface area (Å²) in [4.78, 5) is 31.0. The average molecular weight is 401 g/mol. The number of pyridine rings is 1. The van der Waals surface area contributed by atoms with E-state index in [1.165, 1.54) is 4.90 Å². The van der Waals surface area contributed by atoms with Crippen molar-refractivity contribution in [3.8, 4) is 0 Å². The molecule has 1 aromatic heterocycles. The third-order valence-electron chi connectivity index (χ3n) is 4.44. The lowest BCUT2D eigenvalue weighted by atomic mass is 9.96. The Morgan fingerprint density at radius 1 is 1.25 bits per heavy atom. The summed E-state index contributed by atoms with van der Waals surface area (Å²) in [5.74, 6) is -1.64. The van der Waals surface area contributed by atoms with Crippen molar-refractivity contribution < 1.29 is 19.4 Å². The highest BCUT2D eigenvalue weighted by Gasteiger charge is 2.46. The molecule has 1 aromatic carbocycles. The number of aliphatic hydroxyl groups excluding tert-OH is 1. The van der Waals surface area contributed by atoms with Crippen molar-refractivity contribution in [1.82, 2.24) is 9.88 Å². The first-order valence-electron chi connectivity index (χ1n) is 8.96. The van der Waals surface area contributed by atoms with Crippen molar-refractivity contribution in [3.05, 3.63) is 70.5 Å². The van der Waals surface area contributed by atoms with Crippen molar-refractivity contribution in [1.29, 1.82) is 0 Å². The molecule has 1 fully saturated rings. The fourth-order valence-corrected chi connectivity index (χ4v) is 3.27. The first-order valence-corrected chi connectivity index (χ1v) is 9.34. The van der Waals surface area contributed by atoms with Crippen molar-refractivity contribution in [2.75, 3.05) is 13.2 Å². The average Bonchev–Trinajstić information content (AvgIpc) is 2.93. The number of halogens is 1. The summed E-state index contributed by atoms with van der Waals surface area (Å²) >= 11 is 5.91. The highest BCUT2D eigenvalue weighted by Crippen LogP contribution is 2.39. The van der Waals surface area contributed by atoms with E-state index < -0.39 is 17.7 Å². The van der Waals surface area contributed by atoms with Gasteiger partial charge in [-0.1, -0.05) is 17.7 Å². The predicted octanol–water partition coefficient (Wildman–Crippen LogP) is 3.58. The van der Waals surface area contributed by atoms with Gasteiger partial charge in [-0.2, -0.15) is 0 Å². The van der Waals surface area contributed by atoms with Crippen LogP contribution in [0.15, 0.2) is 54.4 Å². The standard InChI is InChI=1S/C21H21ClN2O4/c1-13(2)28-11-10-24-18(15-4-3-9-23-12-15)17(20(26)21(24)27)19(25)14-5-7-16(22)8-6-14/h3-9,12-13,18,25H,10-11H2,1-2H3/b19-17-. The molecule has 28 heavy (non-hydrogen) atoms. The van der Waals surface area contributed by atoms with Gasteiger partial charge in [0.25, 0.3) is 11.7 Å². The van der Waals surface area contributed by atoms with Crippen LogP contribution in [0, 0.1) is 0 Å². The van der Waals surface area contributed by atoms with Gasteiger partial charge in [0.2, 0.25) is 0 Å². The largest absolute Gasteiger partial charge is 0.507 e. The van der Waals surface area contributed by atoms with Crippen LogP contribution in [-0.2, 0) is 14.3 Å². The number of ether oxygens (including phenoxy) is 1. The second-order valence-electron chi connectivity index (χ2n) is 6.71. The molecule has 1 unspecified atom stereocenters. The van der Waals surface area contributed by atoms with Gasteiger partial charge in [-0.3, -0.25) is 14.6 Å². The van der Waals surface area contributed by atoms with E-state index in [0.29, 0.717) is 16.1 Å². The van der Waals surface area contributed by atoms with E-state index in [-0.39, 0.29) is 30.6 Å². The third kappa shape index (κ3) is 4.08. The minimum absolute atomic E-state index is 0.00253. The molecule has 7 heteroatoms. The molecule has 1 N–H and O–H groups in total. The lowest BCUT2D eigenvalue weighted by Gasteiger charge is -2.25. The Hall–Kier alpha value is -2.70. The summed E-state index contributed by atoms with van der Waals surface area (Å²) in [5, 5.41) is 11.4. The Morgan fingerprint density at radius 2 is 1.96 bits per heavy atom. The van der Waals surface area contributed by atoms with Gasteiger partial charge in [-0.05, 0) is 49.7 Å².